The Kier molecular flexibility index (Phi) is 4.11. The van der Waals surface area contributed by atoms with Gasteiger partial charge in [-0.2, -0.15) is 8.78 Å². The first kappa shape index (κ1) is 13.9. The van der Waals surface area contributed by atoms with Gasteiger partial charge in [0.1, 0.15) is 17.5 Å². The van der Waals surface area contributed by atoms with Crippen LogP contribution in [0.5, 0.6) is 5.75 Å². The lowest BCUT2D eigenvalue weighted by Gasteiger charge is -2.15. The van der Waals surface area contributed by atoms with Gasteiger partial charge in [-0.1, -0.05) is 23.4 Å². The molecule has 1 unspecified atom stereocenters. The Bertz CT molecular complexity index is 557. The molecule has 5 nitrogen and oxygen atoms in total. The van der Waals surface area contributed by atoms with Gasteiger partial charge in [-0.15, -0.1) is 5.10 Å². The van der Waals surface area contributed by atoms with E-state index in [2.05, 4.69) is 31.0 Å². The number of halogens is 3. The van der Waals surface area contributed by atoms with Crippen molar-refractivity contribution in [1.82, 2.24) is 15.0 Å². The molecule has 0 aliphatic heterocycles. The Morgan fingerprint density at radius 3 is 2.63 bits per heavy atom. The number of aromatic nitrogens is 3. The normalized spacial score (nSPS) is 12.7. The topological polar surface area (TPSA) is 60.2 Å². The predicted molar refractivity (Wildman–Crippen MR) is 65.8 cm³/mol. The first-order valence-corrected chi connectivity index (χ1v) is 6.07. The summed E-state index contributed by atoms with van der Waals surface area (Å²) in [7, 11) is 1.59. The second kappa shape index (κ2) is 5.62. The number of nitrogens with zero attached hydrogens (tertiary/aromatic N) is 3. The fourth-order valence-corrected chi connectivity index (χ4v) is 2.23. The minimum atomic E-state index is -2.96. The van der Waals surface area contributed by atoms with Crippen LogP contribution in [0.15, 0.2) is 28.9 Å². The average Bonchev–Trinajstić information content (AvgIpc) is 2.68. The van der Waals surface area contributed by atoms with E-state index in [4.69, 9.17) is 0 Å². The van der Waals surface area contributed by atoms with Crippen LogP contribution in [0, 0.1) is 0 Å². The minimum absolute atomic E-state index is 0.0851. The lowest BCUT2D eigenvalue weighted by molar-refractivity contribution is -0.0513. The maximum Gasteiger partial charge on any atom is 0.387 e. The molecule has 0 amide bonds. The van der Waals surface area contributed by atoms with Gasteiger partial charge in [0, 0.05) is 12.6 Å². The van der Waals surface area contributed by atoms with Crippen LogP contribution in [0.3, 0.4) is 0 Å². The van der Waals surface area contributed by atoms with Gasteiger partial charge < -0.3 is 9.84 Å². The second-order valence-electron chi connectivity index (χ2n) is 3.71. The largest absolute Gasteiger partial charge is 0.434 e. The molecule has 1 aromatic carbocycles. The predicted octanol–water partition coefficient (Wildman–Crippen LogP) is 2.26. The number of aliphatic hydroxyl groups is 1. The highest BCUT2D eigenvalue weighted by molar-refractivity contribution is 9.10. The summed E-state index contributed by atoms with van der Waals surface area (Å²) < 4.78 is 30.7. The summed E-state index contributed by atoms with van der Waals surface area (Å²) in [6, 6.07) is 6.03. The van der Waals surface area contributed by atoms with Crippen LogP contribution in [-0.2, 0) is 7.05 Å². The highest BCUT2D eigenvalue weighted by Gasteiger charge is 2.23. The van der Waals surface area contributed by atoms with Crippen molar-refractivity contribution in [2.24, 2.45) is 7.05 Å². The van der Waals surface area contributed by atoms with Gasteiger partial charge in [-0.3, -0.25) is 0 Å². The molecule has 0 spiro atoms. The van der Waals surface area contributed by atoms with Crippen molar-refractivity contribution in [2.45, 2.75) is 12.7 Å². The number of hydrogen-bond acceptors (Lipinski definition) is 4. The molecule has 1 atom stereocenters. The van der Waals surface area contributed by atoms with E-state index < -0.39 is 12.7 Å². The van der Waals surface area contributed by atoms with E-state index in [0.717, 1.165) is 0 Å². The van der Waals surface area contributed by atoms with E-state index in [1.165, 1.54) is 16.8 Å². The fraction of sp³-hybridized carbons (Fsp3) is 0.273. The SMILES string of the molecule is Cn1nnc(Br)c1C(O)c1ccccc1OC(F)F. The molecule has 2 rings (SSSR count). The molecular weight excluding hydrogens is 324 g/mol. The fourth-order valence-electron chi connectivity index (χ4n) is 1.69. The molecule has 1 heterocycles. The third kappa shape index (κ3) is 2.90. The summed E-state index contributed by atoms with van der Waals surface area (Å²) in [5.74, 6) is -0.0851. The van der Waals surface area contributed by atoms with Crippen molar-refractivity contribution < 1.29 is 18.6 Å². The zero-order valence-corrected chi connectivity index (χ0v) is 11.4. The molecule has 1 N–H and O–H groups in total. The van der Waals surface area contributed by atoms with Crippen LogP contribution in [-0.4, -0.2) is 26.7 Å². The zero-order chi connectivity index (χ0) is 14.0. The van der Waals surface area contributed by atoms with Crippen LogP contribution in [0.2, 0.25) is 0 Å². The first-order chi connectivity index (χ1) is 9.00. The minimum Gasteiger partial charge on any atom is -0.434 e. The molecule has 8 heteroatoms. The summed E-state index contributed by atoms with van der Waals surface area (Å²) in [6.45, 7) is -2.96. The Labute approximate surface area is 115 Å². The van der Waals surface area contributed by atoms with E-state index in [-0.39, 0.29) is 11.3 Å². The molecule has 0 aliphatic rings. The number of hydrogen-bond donors (Lipinski definition) is 1. The van der Waals surface area contributed by atoms with Crippen LogP contribution in [0.1, 0.15) is 17.4 Å². The first-order valence-electron chi connectivity index (χ1n) is 5.27. The molecule has 0 saturated heterocycles. The van der Waals surface area contributed by atoms with Crippen molar-refractivity contribution in [2.75, 3.05) is 0 Å². The number of aryl methyl sites for hydroxylation is 1. The van der Waals surface area contributed by atoms with E-state index in [1.54, 1.807) is 19.2 Å². The molecule has 2 aromatic rings. The Morgan fingerprint density at radius 2 is 2.05 bits per heavy atom. The average molecular weight is 334 g/mol. The van der Waals surface area contributed by atoms with Gasteiger partial charge in [0.2, 0.25) is 0 Å². The monoisotopic (exact) mass is 333 g/mol. The molecule has 0 bridgehead atoms. The van der Waals surface area contributed by atoms with Crippen molar-refractivity contribution in [3.8, 4) is 5.75 Å². The van der Waals surface area contributed by atoms with E-state index >= 15 is 0 Å². The van der Waals surface area contributed by atoms with Crippen LogP contribution < -0.4 is 4.74 Å². The maximum atomic E-state index is 12.3. The number of para-hydroxylation sites is 1. The Morgan fingerprint density at radius 1 is 1.37 bits per heavy atom. The third-order valence-corrected chi connectivity index (χ3v) is 3.08. The molecule has 0 radical (unpaired) electrons. The zero-order valence-electron chi connectivity index (χ0n) is 9.80. The van der Waals surface area contributed by atoms with Crippen LogP contribution in [0.25, 0.3) is 0 Å². The van der Waals surface area contributed by atoms with Gasteiger partial charge in [-0.25, -0.2) is 4.68 Å². The Hall–Kier alpha value is -1.54. The smallest absolute Gasteiger partial charge is 0.387 e. The van der Waals surface area contributed by atoms with E-state index in [1.807, 2.05) is 0 Å². The molecule has 0 saturated carbocycles. The Balaban J connectivity index is 2.41. The highest BCUT2D eigenvalue weighted by atomic mass is 79.9. The molecule has 102 valence electrons. The van der Waals surface area contributed by atoms with Gasteiger partial charge >= 0.3 is 6.61 Å². The van der Waals surface area contributed by atoms with Crippen LogP contribution >= 0.6 is 15.9 Å². The third-order valence-electron chi connectivity index (χ3n) is 2.52. The number of ether oxygens (including phenoxy) is 1. The van der Waals surface area contributed by atoms with Crippen molar-refractivity contribution in [3.05, 3.63) is 40.1 Å². The number of rotatable bonds is 4. The molecule has 0 fully saturated rings. The number of benzene rings is 1. The quantitative estimate of drug-likeness (QED) is 0.932. The highest BCUT2D eigenvalue weighted by Crippen LogP contribution is 2.32. The molecule has 1 aromatic heterocycles. The van der Waals surface area contributed by atoms with Gasteiger partial charge in [-0.05, 0) is 22.0 Å². The van der Waals surface area contributed by atoms with Gasteiger partial charge in [0.05, 0.1) is 0 Å². The maximum absolute atomic E-state index is 12.3. The lowest BCUT2D eigenvalue weighted by atomic mass is 10.1. The van der Waals surface area contributed by atoms with Gasteiger partial charge in [0.15, 0.2) is 4.60 Å². The van der Waals surface area contributed by atoms with Crippen molar-refractivity contribution in [1.29, 1.82) is 0 Å². The summed E-state index contributed by atoms with van der Waals surface area (Å²) in [5, 5.41) is 17.7. The molecule has 0 aliphatic carbocycles. The molecular formula is C11H10BrF2N3O2. The number of alkyl halides is 2. The second-order valence-corrected chi connectivity index (χ2v) is 4.46. The van der Waals surface area contributed by atoms with E-state index in [0.29, 0.717) is 10.3 Å². The summed E-state index contributed by atoms with van der Waals surface area (Å²) in [6.07, 6.45) is -1.18. The molecule has 19 heavy (non-hydrogen) atoms. The standard InChI is InChI=1S/C11H10BrF2N3O2/c1-17-8(10(12)15-16-17)9(18)6-4-2-3-5-7(6)19-11(13)14/h2-5,9,11,18H,1H3. The van der Waals surface area contributed by atoms with Crippen molar-refractivity contribution in [3.63, 3.8) is 0 Å². The number of aliphatic hydroxyl groups excluding tert-OH is 1. The van der Waals surface area contributed by atoms with Gasteiger partial charge in [0.25, 0.3) is 0 Å². The summed E-state index contributed by atoms with van der Waals surface area (Å²) in [4.78, 5) is 0. The summed E-state index contributed by atoms with van der Waals surface area (Å²) in [5.41, 5.74) is 0.569. The van der Waals surface area contributed by atoms with Crippen LogP contribution in [0.4, 0.5) is 8.78 Å². The van der Waals surface area contributed by atoms with E-state index in [9.17, 15) is 13.9 Å². The lowest BCUT2D eigenvalue weighted by Crippen LogP contribution is -2.11. The van der Waals surface area contributed by atoms with Crippen molar-refractivity contribution >= 4 is 15.9 Å². The summed E-state index contributed by atoms with van der Waals surface area (Å²) >= 11 is 3.15.